The van der Waals surface area contributed by atoms with Crippen molar-refractivity contribution in [3.8, 4) is 5.75 Å². The smallest absolute Gasteiger partial charge is 0.260 e. The molecule has 0 spiro atoms. The van der Waals surface area contributed by atoms with Gasteiger partial charge >= 0.3 is 0 Å². The molecule has 1 aromatic rings. The fourth-order valence-electron chi connectivity index (χ4n) is 2.28. The second kappa shape index (κ2) is 6.79. The Hall–Kier alpha value is -0.490. The minimum atomic E-state index is 0.0583. The summed E-state index contributed by atoms with van der Waals surface area (Å²) in [6.45, 7) is 3.02. The minimum Gasteiger partial charge on any atom is -0.483 e. The molecule has 0 aliphatic carbocycles. The Morgan fingerprint density at radius 2 is 2.32 bits per heavy atom. The normalized spacial score (nSPS) is 19.3. The number of amides is 1. The van der Waals surface area contributed by atoms with Crippen molar-refractivity contribution in [2.24, 2.45) is 0 Å². The van der Waals surface area contributed by atoms with Gasteiger partial charge in [-0.15, -0.1) is 0 Å². The first-order valence-electron chi connectivity index (χ1n) is 6.45. The first-order chi connectivity index (χ1) is 9.08. The van der Waals surface area contributed by atoms with E-state index < -0.39 is 0 Å². The summed E-state index contributed by atoms with van der Waals surface area (Å²) in [6.07, 6.45) is 3.38. The summed E-state index contributed by atoms with van der Waals surface area (Å²) in [4.78, 5) is 14.1. The van der Waals surface area contributed by atoms with Crippen molar-refractivity contribution >= 4 is 40.1 Å². The number of piperidine rings is 1. The van der Waals surface area contributed by atoms with Gasteiger partial charge in [-0.05, 0) is 67.0 Å². The molecule has 1 fully saturated rings. The van der Waals surface area contributed by atoms with E-state index in [1.54, 1.807) is 6.07 Å². The van der Waals surface area contributed by atoms with Gasteiger partial charge in [-0.3, -0.25) is 4.79 Å². The lowest BCUT2D eigenvalue weighted by molar-refractivity contribution is -0.136. The fourth-order valence-corrected chi connectivity index (χ4v) is 2.93. The van der Waals surface area contributed by atoms with E-state index in [1.165, 1.54) is 6.42 Å². The number of halogens is 2. The highest BCUT2D eigenvalue weighted by Crippen LogP contribution is 2.25. The van der Waals surface area contributed by atoms with Gasteiger partial charge < -0.3 is 9.64 Å². The molecular weight excluding hydrogens is 377 g/mol. The van der Waals surface area contributed by atoms with E-state index >= 15 is 0 Å². The number of nitrogens with zero attached hydrogens (tertiary/aromatic N) is 1. The van der Waals surface area contributed by atoms with Gasteiger partial charge in [-0.1, -0.05) is 11.6 Å². The Morgan fingerprint density at radius 1 is 1.53 bits per heavy atom. The van der Waals surface area contributed by atoms with Crippen LogP contribution in [0.2, 0.25) is 5.02 Å². The van der Waals surface area contributed by atoms with Crippen molar-refractivity contribution < 1.29 is 9.53 Å². The number of hydrogen-bond donors (Lipinski definition) is 0. The number of carbonyl (C=O) groups excluding carboxylic acids is 1. The predicted molar refractivity (Wildman–Crippen MR) is 84.7 cm³/mol. The van der Waals surface area contributed by atoms with Gasteiger partial charge in [0.1, 0.15) is 5.75 Å². The molecule has 1 aromatic carbocycles. The van der Waals surface area contributed by atoms with Crippen molar-refractivity contribution in [3.05, 3.63) is 26.8 Å². The molecular formula is C14H17ClINO2. The van der Waals surface area contributed by atoms with Crippen LogP contribution in [-0.2, 0) is 4.79 Å². The van der Waals surface area contributed by atoms with Gasteiger partial charge in [0.25, 0.3) is 5.91 Å². The van der Waals surface area contributed by atoms with E-state index in [-0.39, 0.29) is 12.5 Å². The standard InChI is InChI=1S/C14H17ClINO2/c1-10-4-2-3-7-17(10)14(18)9-19-13-8-11(15)5-6-12(13)16/h5-6,8,10H,2-4,7,9H2,1H3. The van der Waals surface area contributed by atoms with Crippen LogP contribution in [0.25, 0.3) is 0 Å². The lowest BCUT2D eigenvalue weighted by atomic mass is 10.0. The molecule has 1 saturated heterocycles. The molecule has 5 heteroatoms. The van der Waals surface area contributed by atoms with Crippen molar-refractivity contribution in [1.29, 1.82) is 0 Å². The molecule has 2 rings (SSSR count). The molecule has 0 saturated carbocycles. The van der Waals surface area contributed by atoms with Crippen molar-refractivity contribution in [2.75, 3.05) is 13.2 Å². The minimum absolute atomic E-state index is 0.0583. The average Bonchev–Trinajstić information content (AvgIpc) is 2.40. The van der Waals surface area contributed by atoms with Crippen LogP contribution in [-0.4, -0.2) is 30.0 Å². The summed E-state index contributed by atoms with van der Waals surface area (Å²) in [7, 11) is 0. The zero-order valence-corrected chi connectivity index (χ0v) is 13.8. The summed E-state index contributed by atoms with van der Waals surface area (Å²) >= 11 is 8.10. The molecule has 1 heterocycles. The molecule has 0 radical (unpaired) electrons. The number of rotatable bonds is 3. The van der Waals surface area contributed by atoms with Crippen LogP contribution in [0.3, 0.4) is 0 Å². The summed E-state index contributed by atoms with van der Waals surface area (Å²) in [5, 5.41) is 0.620. The summed E-state index contributed by atoms with van der Waals surface area (Å²) in [5.41, 5.74) is 0. The Bertz CT molecular complexity index is 467. The maximum atomic E-state index is 12.1. The van der Waals surface area contributed by atoms with E-state index in [0.29, 0.717) is 16.8 Å². The molecule has 0 N–H and O–H groups in total. The number of likely N-dealkylation sites (tertiary alicyclic amines) is 1. The molecule has 104 valence electrons. The zero-order chi connectivity index (χ0) is 13.8. The lowest BCUT2D eigenvalue weighted by Gasteiger charge is -2.33. The third-order valence-electron chi connectivity index (χ3n) is 3.37. The Balaban J connectivity index is 1.94. The van der Waals surface area contributed by atoms with Crippen molar-refractivity contribution in [2.45, 2.75) is 32.2 Å². The highest BCUT2D eigenvalue weighted by molar-refractivity contribution is 14.1. The van der Waals surface area contributed by atoms with Crippen LogP contribution < -0.4 is 4.74 Å². The average molecular weight is 394 g/mol. The highest BCUT2D eigenvalue weighted by atomic mass is 127. The van der Waals surface area contributed by atoms with E-state index in [1.807, 2.05) is 17.0 Å². The van der Waals surface area contributed by atoms with Crippen LogP contribution >= 0.6 is 34.2 Å². The van der Waals surface area contributed by atoms with Crippen molar-refractivity contribution in [1.82, 2.24) is 4.90 Å². The van der Waals surface area contributed by atoms with E-state index in [4.69, 9.17) is 16.3 Å². The Morgan fingerprint density at radius 3 is 3.05 bits per heavy atom. The van der Waals surface area contributed by atoms with Crippen LogP contribution in [0.15, 0.2) is 18.2 Å². The molecule has 3 nitrogen and oxygen atoms in total. The third kappa shape index (κ3) is 3.99. The van der Waals surface area contributed by atoms with Gasteiger partial charge in [0.15, 0.2) is 6.61 Å². The van der Waals surface area contributed by atoms with E-state index in [2.05, 4.69) is 29.5 Å². The summed E-state index contributed by atoms with van der Waals surface area (Å²) in [6, 6.07) is 5.76. The summed E-state index contributed by atoms with van der Waals surface area (Å²) < 4.78 is 6.56. The number of carbonyl (C=O) groups is 1. The van der Waals surface area contributed by atoms with Gasteiger partial charge in [0.2, 0.25) is 0 Å². The molecule has 1 unspecified atom stereocenters. The molecule has 1 amide bonds. The quantitative estimate of drug-likeness (QED) is 0.733. The van der Waals surface area contributed by atoms with Crippen LogP contribution in [0.5, 0.6) is 5.75 Å². The van der Waals surface area contributed by atoms with Crippen LogP contribution in [0, 0.1) is 3.57 Å². The second-order valence-corrected chi connectivity index (χ2v) is 6.39. The SMILES string of the molecule is CC1CCCCN1C(=O)COc1cc(Cl)ccc1I. The monoisotopic (exact) mass is 393 g/mol. The van der Waals surface area contributed by atoms with Gasteiger partial charge in [-0.25, -0.2) is 0 Å². The maximum absolute atomic E-state index is 12.1. The third-order valence-corrected chi connectivity index (χ3v) is 4.49. The summed E-state index contributed by atoms with van der Waals surface area (Å²) in [5.74, 6) is 0.731. The largest absolute Gasteiger partial charge is 0.483 e. The lowest BCUT2D eigenvalue weighted by Crippen LogP contribution is -2.44. The first kappa shape index (κ1) is 14.9. The van der Waals surface area contributed by atoms with Crippen LogP contribution in [0.1, 0.15) is 26.2 Å². The second-order valence-electron chi connectivity index (χ2n) is 4.80. The number of hydrogen-bond acceptors (Lipinski definition) is 2. The molecule has 19 heavy (non-hydrogen) atoms. The van der Waals surface area contributed by atoms with Gasteiger partial charge in [0, 0.05) is 17.6 Å². The Labute approximate surface area is 132 Å². The molecule has 0 aromatic heterocycles. The molecule has 1 aliphatic rings. The predicted octanol–water partition coefficient (Wildman–Crippen LogP) is 3.72. The zero-order valence-electron chi connectivity index (χ0n) is 10.9. The molecule has 1 aliphatic heterocycles. The first-order valence-corrected chi connectivity index (χ1v) is 7.91. The van der Waals surface area contributed by atoms with Gasteiger partial charge in [0.05, 0.1) is 3.57 Å². The van der Waals surface area contributed by atoms with E-state index in [9.17, 15) is 4.79 Å². The Kier molecular flexibility index (Phi) is 5.33. The van der Waals surface area contributed by atoms with Crippen molar-refractivity contribution in [3.63, 3.8) is 0 Å². The number of ether oxygens (including phenoxy) is 1. The highest BCUT2D eigenvalue weighted by Gasteiger charge is 2.23. The fraction of sp³-hybridized carbons (Fsp3) is 0.500. The van der Waals surface area contributed by atoms with E-state index in [0.717, 1.165) is 23.0 Å². The van der Waals surface area contributed by atoms with Gasteiger partial charge in [-0.2, -0.15) is 0 Å². The maximum Gasteiger partial charge on any atom is 0.260 e. The number of benzene rings is 1. The van der Waals surface area contributed by atoms with Crippen LogP contribution in [0.4, 0.5) is 0 Å². The molecule has 1 atom stereocenters. The topological polar surface area (TPSA) is 29.5 Å². The molecule has 0 bridgehead atoms.